The van der Waals surface area contributed by atoms with E-state index in [0.717, 1.165) is 12.8 Å². The van der Waals surface area contributed by atoms with E-state index < -0.39 is 5.60 Å². The summed E-state index contributed by atoms with van der Waals surface area (Å²) in [6.45, 7) is 6.18. The zero-order chi connectivity index (χ0) is 10.8. The van der Waals surface area contributed by atoms with Gasteiger partial charge < -0.3 is 15.8 Å². The molecule has 0 aliphatic heterocycles. The fourth-order valence-electron chi connectivity index (χ4n) is 1.38. The lowest BCUT2D eigenvalue weighted by Crippen LogP contribution is -2.46. The van der Waals surface area contributed by atoms with E-state index in [0.29, 0.717) is 12.5 Å². The standard InChI is InChI=1S/C10H20N2O2/c1-10(2,3)14-9(13)12-6-7-4-5-8(7)11/h7-8H,4-6,11H2,1-3H3,(H,12,13)/t7-,8-/m1/s1. The second-order valence-corrected chi connectivity index (χ2v) is 4.88. The lowest BCUT2D eigenvalue weighted by molar-refractivity contribution is 0.0506. The van der Waals surface area contributed by atoms with Crippen LogP contribution in [0.4, 0.5) is 4.79 Å². The Bertz CT molecular complexity index is 211. The van der Waals surface area contributed by atoms with Crippen LogP contribution in [0.3, 0.4) is 0 Å². The molecular weight excluding hydrogens is 180 g/mol. The minimum atomic E-state index is -0.425. The average molecular weight is 200 g/mol. The largest absolute Gasteiger partial charge is 0.444 e. The third-order valence-corrected chi connectivity index (χ3v) is 2.38. The highest BCUT2D eigenvalue weighted by molar-refractivity contribution is 5.67. The molecule has 0 bridgehead atoms. The molecule has 2 atom stereocenters. The van der Waals surface area contributed by atoms with Crippen LogP contribution in [-0.4, -0.2) is 24.3 Å². The van der Waals surface area contributed by atoms with E-state index in [4.69, 9.17) is 10.5 Å². The third-order valence-electron chi connectivity index (χ3n) is 2.38. The molecule has 0 aromatic carbocycles. The van der Waals surface area contributed by atoms with Gasteiger partial charge in [0.2, 0.25) is 0 Å². The zero-order valence-electron chi connectivity index (χ0n) is 9.17. The second kappa shape index (κ2) is 4.17. The maximum atomic E-state index is 11.2. The van der Waals surface area contributed by atoms with Crippen LogP contribution in [0.25, 0.3) is 0 Å². The molecule has 4 heteroatoms. The quantitative estimate of drug-likeness (QED) is 0.705. The maximum absolute atomic E-state index is 11.2. The van der Waals surface area contributed by atoms with Crippen LogP contribution in [0, 0.1) is 5.92 Å². The van der Waals surface area contributed by atoms with E-state index in [1.807, 2.05) is 20.8 Å². The highest BCUT2D eigenvalue weighted by Crippen LogP contribution is 2.24. The van der Waals surface area contributed by atoms with E-state index in [9.17, 15) is 4.79 Å². The topological polar surface area (TPSA) is 64.3 Å². The van der Waals surface area contributed by atoms with E-state index in [1.54, 1.807) is 0 Å². The predicted molar refractivity (Wildman–Crippen MR) is 54.9 cm³/mol. The van der Waals surface area contributed by atoms with Crippen LogP contribution in [0.15, 0.2) is 0 Å². The van der Waals surface area contributed by atoms with Gasteiger partial charge in [0, 0.05) is 12.6 Å². The molecule has 0 spiro atoms. The summed E-state index contributed by atoms with van der Waals surface area (Å²) in [5.74, 6) is 0.433. The number of nitrogens with one attached hydrogen (secondary N) is 1. The minimum absolute atomic E-state index is 0.255. The fraction of sp³-hybridized carbons (Fsp3) is 0.900. The van der Waals surface area contributed by atoms with Crippen molar-refractivity contribution in [2.75, 3.05) is 6.54 Å². The Morgan fingerprint density at radius 2 is 2.14 bits per heavy atom. The van der Waals surface area contributed by atoms with Crippen LogP contribution >= 0.6 is 0 Å². The SMILES string of the molecule is CC(C)(C)OC(=O)NC[C@H]1CC[C@H]1N. The molecule has 1 aliphatic rings. The molecule has 1 fully saturated rings. The summed E-state index contributed by atoms with van der Waals surface area (Å²) in [7, 11) is 0. The van der Waals surface area contributed by atoms with E-state index >= 15 is 0 Å². The summed E-state index contributed by atoms with van der Waals surface area (Å²) >= 11 is 0. The highest BCUT2D eigenvalue weighted by atomic mass is 16.6. The van der Waals surface area contributed by atoms with Gasteiger partial charge in [-0.1, -0.05) is 0 Å². The predicted octanol–water partition coefficient (Wildman–Crippen LogP) is 1.25. The number of hydrogen-bond donors (Lipinski definition) is 2. The monoisotopic (exact) mass is 200 g/mol. The molecule has 0 heterocycles. The van der Waals surface area contributed by atoms with Crippen LogP contribution in [0.5, 0.6) is 0 Å². The summed E-state index contributed by atoms with van der Waals surface area (Å²) in [6, 6.07) is 0.255. The number of carbonyl (C=O) groups is 1. The van der Waals surface area contributed by atoms with Gasteiger partial charge in [-0.25, -0.2) is 4.79 Å². The molecule has 1 saturated carbocycles. The Hall–Kier alpha value is -0.770. The number of amides is 1. The summed E-state index contributed by atoms with van der Waals surface area (Å²) in [6.07, 6.45) is 1.83. The van der Waals surface area contributed by atoms with Crippen LogP contribution in [0.2, 0.25) is 0 Å². The molecule has 0 aromatic rings. The molecule has 1 aliphatic carbocycles. The van der Waals surface area contributed by atoms with Crippen LogP contribution in [-0.2, 0) is 4.74 Å². The zero-order valence-corrected chi connectivity index (χ0v) is 9.17. The summed E-state index contributed by atoms with van der Waals surface area (Å²) < 4.78 is 5.10. The first-order valence-corrected chi connectivity index (χ1v) is 5.11. The molecule has 14 heavy (non-hydrogen) atoms. The van der Waals surface area contributed by atoms with Gasteiger partial charge in [-0.15, -0.1) is 0 Å². The van der Waals surface area contributed by atoms with Crippen molar-refractivity contribution >= 4 is 6.09 Å². The van der Waals surface area contributed by atoms with Crippen molar-refractivity contribution < 1.29 is 9.53 Å². The van der Waals surface area contributed by atoms with Crippen molar-refractivity contribution in [2.45, 2.75) is 45.3 Å². The molecule has 1 rings (SSSR count). The Kier molecular flexibility index (Phi) is 3.37. The van der Waals surface area contributed by atoms with Crippen molar-refractivity contribution in [3.8, 4) is 0 Å². The smallest absolute Gasteiger partial charge is 0.407 e. The first-order chi connectivity index (χ1) is 6.38. The van der Waals surface area contributed by atoms with Gasteiger partial charge >= 0.3 is 6.09 Å². The number of nitrogens with two attached hydrogens (primary N) is 1. The number of alkyl carbamates (subject to hydrolysis) is 1. The molecular formula is C10H20N2O2. The van der Waals surface area contributed by atoms with Crippen molar-refractivity contribution in [3.63, 3.8) is 0 Å². The molecule has 0 saturated heterocycles. The Balaban J connectivity index is 2.15. The Morgan fingerprint density at radius 3 is 2.50 bits per heavy atom. The van der Waals surface area contributed by atoms with Gasteiger partial charge in [0.25, 0.3) is 0 Å². The van der Waals surface area contributed by atoms with Crippen molar-refractivity contribution in [3.05, 3.63) is 0 Å². The maximum Gasteiger partial charge on any atom is 0.407 e. The van der Waals surface area contributed by atoms with Gasteiger partial charge in [-0.3, -0.25) is 0 Å². The lowest BCUT2D eigenvalue weighted by Gasteiger charge is -2.33. The molecule has 0 radical (unpaired) electrons. The Morgan fingerprint density at radius 1 is 1.50 bits per heavy atom. The van der Waals surface area contributed by atoms with Crippen LogP contribution in [0.1, 0.15) is 33.6 Å². The van der Waals surface area contributed by atoms with Gasteiger partial charge in [-0.2, -0.15) is 0 Å². The highest BCUT2D eigenvalue weighted by Gasteiger charge is 2.28. The number of rotatable bonds is 2. The first kappa shape index (κ1) is 11.3. The first-order valence-electron chi connectivity index (χ1n) is 5.11. The average Bonchev–Trinajstić information content (AvgIpc) is 1.98. The van der Waals surface area contributed by atoms with E-state index in [-0.39, 0.29) is 12.1 Å². The van der Waals surface area contributed by atoms with Gasteiger partial charge in [0.1, 0.15) is 5.60 Å². The van der Waals surface area contributed by atoms with Gasteiger partial charge in [0.05, 0.1) is 0 Å². The number of hydrogen-bond acceptors (Lipinski definition) is 3. The molecule has 0 aromatic heterocycles. The molecule has 4 nitrogen and oxygen atoms in total. The second-order valence-electron chi connectivity index (χ2n) is 4.88. The minimum Gasteiger partial charge on any atom is -0.444 e. The normalized spacial score (nSPS) is 26.6. The molecule has 82 valence electrons. The van der Waals surface area contributed by atoms with E-state index in [2.05, 4.69) is 5.32 Å². The van der Waals surface area contributed by atoms with Crippen molar-refractivity contribution in [1.29, 1.82) is 0 Å². The third kappa shape index (κ3) is 3.54. The number of carbonyl (C=O) groups excluding carboxylic acids is 1. The molecule has 1 amide bonds. The molecule has 0 unspecified atom stereocenters. The van der Waals surface area contributed by atoms with Gasteiger partial charge in [-0.05, 0) is 39.5 Å². The fourth-order valence-corrected chi connectivity index (χ4v) is 1.38. The number of ether oxygens (including phenoxy) is 1. The summed E-state index contributed by atoms with van der Waals surface area (Å²) in [4.78, 5) is 11.2. The summed E-state index contributed by atoms with van der Waals surface area (Å²) in [5, 5.41) is 2.73. The van der Waals surface area contributed by atoms with Crippen molar-refractivity contribution in [1.82, 2.24) is 5.32 Å². The van der Waals surface area contributed by atoms with Gasteiger partial charge in [0.15, 0.2) is 0 Å². The molecule has 3 N–H and O–H groups in total. The Labute approximate surface area is 85.2 Å². The van der Waals surface area contributed by atoms with Crippen molar-refractivity contribution in [2.24, 2.45) is 11.7 Å². The van der Waals surface area contributed by atoms with Crippen LogP contribution < -0.4 is 11.1 Å². The summed E-state index contributed by atoms with van der Waals surface area (Å²) in [5.41, 5.74) is 5.32. The van der Waals surface area contributed by atoms with E-state index in [1.165, 1.54) is 0 Å². The lowest BCUT2D eigenvalue weighted by atomic mass is 9.80.